The first-order chi connectivity index (χ1) is 9.14. The summed E-state index contributed by atoms with van der Waals surface area (Å²) in [5.74, 6) is 0.948. The molecule has 102 valence electrons. The third-order valence-corrected chi connectivity index (χ3v) is 4.42. The number of carbonyl (C=O) groups is 1. The monoisotopic (exact) mass is 260 g/mol. The number of piperidine rings is 1. The fourth-order valence-electron chi connectivity index (χ4n) is 2.90. The van der Waals surface area contributed by atoms with Gasteiger partial charge in [0.25, 0.3) is 5.91 Å². The highest BCUT2D eigenvalue weighted by Crippen LogP contribution is 2.42. The number of carbonyl (C=O) groups excluding carboxylic acids is 1. The van der Waals surface area contributed by atoms with Gasteiger partial charge < -0.3 is 14.5 Å². The lowest BCUT2D eigenvalue weighted by molar-refractivity contribution is 0.0827. The van der Waals surface area contributed by atoms with Crippen LogP contribution in [0.3, 0.4) is 0 Å². The Kier molecular flexibility index (Phi) is 2.97. The van der Waals surface area contributed by atoms with E-state index < -0.39 is 0 Å². The van der Waals surface area contributed by atoms with Gasteiger partial charge in [-0.3, -0.25) is 4.79 Å². The van der Waals surface area contributed by atoms with Crippen LogP contribution in [0.5, 0.6) is 5.75 Å². The zero-order chi connectivity index (χ0) is 13.5. The van der Waals surface area contributed by atoms with Crippen molar-refractivity contribution < 1.29 is 9.53 Å². The molecular formula is C15H20N2O2. The van der Waals surface area contributed by atoms with Gasteiger partial charge in [0.1, 0.15) is 5.75 Å². The highest BCUT2D eigenvalue weighted by Gasteiger charge is 2.55. The van der Waals surface area contributed by atoms with E-state index in [0.29, 0.717) is 0 Å². The number of ether oxygens (including phenoxy) is 1. The summed E-state index contributed by atoms with van der Waals surface area (Å²) in [6.07, 6.45) is 2.21. The molecule has 2 aliphatic heterocycles. The quantitative estimate of drug-likeness (QED) is 0.757. The van der Waals surface area contributed by atoms with Gasteiger partial charge in [0, 0.05) is 25.2 Å². The number of likely N-dealkylation sites (tertiary alicyclic amines) is 1. The van der Waals surface area contributed by atoms with Gasteiger partial charge in [-0.05, 0) is 44.2 Å². The van der Waals surface area contributed by atoms with Crippen LogP contribution in [0.4, 0.5) is 0 Å². The second-order valence-electron chi connectivity index (χ2n) is 5.65. The molecule has 2 fully saturated rings. The molecular weight excluding hydrogens is 240 g/mol. The number of hydrogen-bond donors (Lipinski definition) is 0. The fourth-order valence-corrected chi connectivity index (χ4v) is 2.90. The molecule has 0 aromatic heterocycles. The van der Waals surface area contributed by atoms with E-state index in [1.165, 1.54) is 0 Å². The lowest BCUT2D eigenvalue weighted by Crippen LogP contribution is -2.38. The molecule has 1 spiro atoms. The van der Waals surface area contributed by atoms with Crippen molar-refractivity contribution >= 4 is 5.91 Å². The zero-order valence-corrected chi connectivity index (χ0v) is 11.6. The predicted molar refractivity (Wildman–Crippen MR) is 73.5 cm³/mol. The summed E-state index contributed by atoms with van der Waals surface area (Å²) in [6.45, 7) is 3.10. The Bertz CT molecular complexity index is 475. The summed E-state index contributed by atoms with van der Waals surface area (Å²) in [6, 6.07) is 7.39. The first-order valence-corrected chi connectivity index (χ1v) is 6.79. The molecule has 0 saturated carbocycles. The minimum Gasteiger partial charge on any atom is -0.497 e. The van der Waals surface area contributed by atoms with Gasteiger partial charge in [-0.15, -0.1) is 0 Å². The predicted octanol–water partition coefficient (Wildman–Crippen LogP) is 1.62. The zero-order valence-electron chi connectivity index (χ0n) is 11.6. The van der Waals surface area contributed by atoms with Crippen molar-refractivity contribution in [3.8, 4) is 5.75 Å². The Morgan fingerprint density at radius 1 is 1.21 bits per heavy atom. The number of rotatable bonds is 2. The van der Waals surface area contributed by atoms with Crippen LogP contribution < -0.4 is 4.74 Å². The maximum Gasteiger partial charge on any atom is 0.254 e. The summed E-state index contributed by atoms with van der Waals surface area (Å²) in [5, 5.41) is 0. The largest absolute Gasteiger partial charge is 0.497 e. The molecule has 4 nitrogen and oxygen atoms in total. The van der Waals surface area contributed by atoms with Crippen molar-refractivity contribution in [1.82, 2.24) is 9.80 Å². The average Bonchev–Trinajstić information content (AvgIpc) is 3.16. The SMILES string of the molecule is COc1ccc(C(=O)N2CC23CCN(C)CC3)cc1. The van der Waals surface area contributed by atoms with E-state index in [1.807, 2.05) is 29.2 Å². The molecule has 0 bridgehead atoms. The highest BCUT2D eigenvalue weighted by atomic mass is 16.5. The molecule has 4 heteroatoms. The molecule has 1 aromatic rings. The van der Waals surface area contributed by atoms with E-state index in [1.54, 1.807) is 7.11 Å². The summed E-state index contributed by atoms with van der Waals surface area (Å²) in [7, 11) is 3.78. The standard InChI is InChI=1S/C15H20N2O2/c1-16-9-7-15(8-10-16)11-17(15)14(18)12-3-5-13(19-2)6-4-12/h3-6H,7-11H2,1-2H3. The third-order valence-electron chi connectivity index (χ3n) is 4.42. The Morgan fingerprint density at radius 2 is 1.84 bits per heavy atom. The fraction of sp³-hybridized carbons (Fsp3) is 0.533. The molecule has 0 unspecified atom stereocenters. The van der Waals surface area contributed by atoms with Crippen LogP contribution in [-0.2, 0) is 0 Å². The topological polar surface area (TPSA) is 32.6 Å². The van der Waals surface area contributed by atoms with E-state index in [4.69, 9.17) is 4.74 Å². The molecule has 0 radical (unpaired) electrons. The maximum atomic E-state index is 12.4. The van der Waals surface area contributed by atoms with E-state index in [9.17, 15) is 4.79 Å². The lowest BCUT2D eigenvalue weighted by Gasteiger charge is -2.29. The van der Waals surface area contributed by atoms with Crippen molar-refractivity contribution in [3.05, 3.63) is 29.8 Å². The molecule has 1 amide bonds. The molecule has 0 N–H and O–H groups in total. The molecule has 0 aliphatic carbocycles. The van der Waals surface area contributed by atoms with Crippen molar-refractivity contribution in [2.75, 3.05) is 33.8 Å². The minimum absolute atomic E-state index is 0.156. The first kappa shape index (κ1) is 12.5. The maximum absolute atomic E-state index is 12.4. The second-order valence-corrected chi connectivity index (χ2v) is 5.65. The summed E-state index contributed by atoms with van der Waals surface area (Å²) < 4.78 is 5.12. The van der Waals surface area contributed by atoms with Gasteiger partial charge in [0.05, 0.1) is 12.6 Å². The Morgan fingerprint density at radius 3 is 2.42 bits per heavy atom. The van der Waals surface area contributed by atoms with Crippen LogP contribution >= 0.6 is 0 Å². The summed E-state index contributed by atoms with van der Waals surface area (Å²) >= 11 is 0. The summed E-state index contributed by atoms with van der Waals surface area (Å²) in [5.41, 5.74) is 0.917. The normalized spacial score (nSPS) is 21.5. The third kappa shape index (κ3) is 2.21. The number of methoxy groups -OCH3 is 1. The Hall–Kier alpha value is -1.55. The smallest absolute Gasteiger partial charge is 0.254 e. The number of nitrogens with zero attached hydrogens (tertiary/aromatic N) is 2. The molecule has 19 heavy (non-hydrogen) atoms. The second kappa shape index (κ2) is 4.53. The van der Waals surface area contributed by atoms with Crippen molar-refractivity contribution in [2.24, 2.45) is 0 Å². The molecule has 1 aromatic carbocycles. The Labute approximate surface area is 113 Å². The van der Waals surface area contributed by atoms with E-state index >= 15 is 0 Å². The van der Waals surface area contributed by atoms with Crippen LogP contribution in [-0.4, -0.2) is 55.0 Å². The number of benzene rings is 1. The van der Waals surface area contributed by atoms with Gasteiger partial charge in [-0.1, -0.05) is 0 Å². The van der Waals surface area contributed by atoms with Crippen LogP contribution in [0.1, 0.15) is 23.2 Å². The van der Waals surface area contributed by atoms with Crippen LogP contribution in [0.2, 0.25) is 0 Å². The van der Waals surface area contributed by atoms with Crippen LogP contribution in [0.25, 0.3) is 0 Å². The van der Waals surface area contributed by atoms with Gasteiger partial charge in [0.2, 0.25) is 0 Å². The molecule has 2 saturated heterocycles. The molecule has 2 aliphatic rings. The Balaban J connectivity index is 1.68. The van der Waals surface area contributed by atoms with Gasteiger partial charge in [-0.25, -0.2) is 0 Å². The average molecular weight is 260 g/mol. The number of hydrogen-bond acceptors (Lipinski definition) is 3. The van der Waals surface area contributed by atoms with Crippen molar-refractivity contribution in [2.45, 2.75) is 18.4 Å². The van der Waals surface area contributed by atoms with E-state index in [0.717, 1.165) is 43.8 Å². The van der Waals surface area contributed by atoms with Gasteiger partial charge in [0.15, 0.2) is 0 Å². The first-order valence-electron chi connectivity index (χ1n) is 6.79. The molecule has 3 rings (SSSR count). The molecule has 2 heterocycles. The highest BCUT2D eigenvalue weighted by molar-refractivity contribution is 5.96. The van der Waals surface area contributed by atoms with E-state index in [2.05, 4.69) is 11.9 Å². The number of amides is 1. The van der Waals surface area contributed by atoms with Gasteiger partial charge in [-0.2, -0.15) is 0 Å². The lowest BCUT2D eigenvalue weighted by atomic mass is 9.97. The van der Waals surface area contributed by atoms with E-state index in [-0.39, 0.29) is 11.4 Å². The van der Waals surface area contributed by atoms with Crippen molar-refractivity contribution in [1.29, 1.82) is 0 Å². The minimum atomic E-state index is 0.156. The van der Waals surface area contributed by atoms with Gasteiger partial charge >= 0.3 is 0 Å². The van der Waals surface area contributed by atoms with Crippen LogP contribution in [0, 0.1) is 0 Å². The molecule has 0 atom stereocenters. The van der Waals surface area contributed by atoms with Crippen LogP contribution in [0.15, 0.2) is 24.3 Å². The van der Waals surface area contributed by atoms with Crippen molar-refractivity contribution in [3.63, 3.8) is 0 Å². The summed E-state index contributed by atoms with van der Waals surface area (Å²) in [4.78, 5) is 16.8.